The Morgan fingerprint density at radius 2 is 0.712 bits per heavy atom. The van der Waals surface area contributed by atoms with E-state index >= 15 is 0 Å². The summed E-state index contributed by atoms with van der Waals surface area (Å²) in [6.07, 6.45) is 28.5. The Morgan fingerprint density at radius 1 is 0.384 bits per heavy atom. The molecule has 4 aliphatic heterocycles. The van der Waals surface area contributed by atoms with Crippen LogP contribution in [-0.4, -0.2) is 203 Å². The second-order valence-electron chi connectivity index (χ2n) is 39.0. The zero-order chi connectivity index (χ0) is 105. The number of alkyl halides is 3. The maximum atomic E-state index is 13.9. The highest BCUT2D eigenvalue weighted by Crippen LogP contribution is 2.43. The van der Waals surface area contributed by atoms with Crippen molar-refractivity contribution in [1.29, 1.82) is 0 Å². The number of urea groups is 4. The Morgan fingerprint density at radius 3 is 1.04 bits per heavy atom. The number of anilines is 8. The Kier molecular flexibility index (Phi) is 38.1. The summed E-state index contributed by atoms with van der Waals surface area (Å²) in [5.41, 5.74) is 27.9. The van der Waals surface area contributed by atoms with Gasteiger partial charge < -0.3 is 58.9 Å². The molecule has 39 heteroatoms. The number of carbonyl (C=O) groups is 12. The van der Waals surface area contributed by atoms with Crippen LogP contribution in [0.2, 0.25) is 5.02 Å². The number of hydrogen-bond acceptors (Lipinski definition) is 22. The minimum absolute atomic E-state index is 0.00296. The third-order valence-electron chi connectivity index (χ3n) is 29.7. The SMILES string of the molecule is CC[C@@H](NC(=O)N1C(=O)[C@H](Cc2ccnc(N)c2)[C@H]1C(=O)N(C)c1cccc(F)c1)C1CCCCC1.CC[C@@H](NC(=O)N1C(=O)[C@H](Cc2ccnc(N)c2)[C@H]1C(=O)N(CC)c1cccc(Cl)c1)C1CCCCC1.CC[C@@H](NC(=O)N1C(=O)[C@H](Cc2ccnc(N)c2)[C@H]1C(=O)N(CC)c1ccccc1)C1CCCCC1.CN(C(=O)[C@@H]1[C@@H](Cc2ccnc(N)c2)C(=O)N1C(=O)N[C@@H](C1CCCCC1)C(F)(F)F)c1cnccn1. The average molecular weight is 2030 g/mol. The van der Waals surface area contributed by atoms with Gasteiger partial charge in [-0.05, 0) is 253 Å². The van der Waals surface area contributed by atoms with Gasteiger partial charge in [-0.2, -0.15) is 13.2 Å². The molecule has 4 saturated carbocycles. The van der Waals surface area contributed by atoms with Gasteiger partial charge in [0.15, 0.2) is 5.82 Å². The molecule has 4 aliphatic carbocycles. The van der Waals surface area contributed by atoms with E-state index in [0.29, 0.717) is 114 Å². The van der Waals surface area contributed by atoms with Crippen molar-refractivity contribution in [3.8, 4) is 0 Å². The van der Waals surface area contributed by atoms with E-state index in [0.717, 1.165) is 132 Å². The first-order chi connectivity index (χ1) is 70.1. The normalized spacial score (nSPS) is 21.0. The lowest BCUT2D eigenvalue weighted by Gasteiger charge is -2.46. The third-order valence-corrected chi connectivity index (χ3v) is 29.9. The molecular weight excluding hydrogens is 1900 g/mol. The number of likely N-dealkylation sites (N-methyl/N-ethyl adjacent to an activating group) is 4. The first-order valence-electron chi connectivity index (χ1n) is 51.1. The summed E-state index contributed by atoms with van der Waals surface area (Å²) in [6.45, 7) is 10.7. The van der Waals surface area contributed by atoms with Crippen molar-refractivity contribution in [2.45, 2.75) is 262 Å². The summed E-state index contributed by atoms with van der Waals surface area (Å²) in [4.78, 5) is 195. The molecule has 34 nitrogen and oxygen atoms in total. The van der Waals surface area contributed by atoms with E-state index in [9.17, 15) is 75.1 Å². The molecule has 8 fully saturated rings. The number of rotatable bonds is 29. The van der Waals surface area contributed by atoms with E-state index in [-0.39, 0.29) is 66.2 Å². The van der Waals surface area contributed by atoms with Crippen LogP contribution in [0.3, 0.4) is 0 Å². The van der Waals surface area contributed by atoms with Crippen molar-refractivity contribution in [2.75, 3.05) is 69.7 Å². The molecule has 3 aromatic carbocycles. The first kappa shape index (κ1) is 109. The Bertz CT molecular complexity index is 5880. The number of likely N-dealkylation sites (tertiary alicyclic amines) is 4. The number of benzene rings is 3. The van der Waals surface area contributed by atoms with E-state index < -0.39 is 120 Å². The van der Waals surface area contributed by atoms with Gasteiger partial charge in [0.25, 0.3) is 23.6 Å². The van der Waals surface area contributed by atoms with E-state index in [2.05, 4.69) is 59.7 Å². The van der Waals surface area contributed by atoms with Crippen LogP contribution in [-0.2, 0) is 64.0 Å². The number of nitrogens with two attached hydrogens (primary N) is 4. The highest BCUT2D eigenvalue weighted by atomic mass is 35.5. The highest BCUT2D eigenvalue weighted by molar-refractivity contribution is 6.31. The molecule has 9 heterocycles. The summed E-state index contributed by atoms with van der Waals surface area (Å²) < 4.78 is 55.6. The van der Waals surface area contributed by atoms with Gasteiger partial charge in [-0.3, -0.25) is 67.8 Å². The number of nitrogens with zero attached hydrogens (tertiary/aromatic N) is 14. The van der Waals surface area contributed by atoms with Crippen molar-refractivity contribution in [3.63, 3.8) is 0 Å². The number of hydrogen-bond donors (Lipinski definition) is 8. The number of aromatic nitrogens is 6. The third kappa shape index (κ3) is 26.5. The summed E-state index contributed by atoms with van der Waals surface area (Å²) in [5, 5.41) is 11.8. The molecule has 0 unspecified atom stereocenters. The Balaban J connectivity index is 0.000000163. The quantitative estimate of drug-likeness (QED) is 0.0159. The van der Waals surface area contributed by atoms with Crippen LogP contribution in [0.5, 0.6) is 0 Å². The van der Waals surface area contributed by atoms with Gasteiger partial charge in [-0.15, -0.1) is 0 Å². The summed E-state index contributed by atoms with van der Waals surface area (Å²) in [7, 11) is 2.92. The number of nitrogen functional groups attached to an aromatic ring is 4. The number of imide groups is 4. The monoisotopic (exact) mass is 2030 g/mol. The fourth-order valence-corrected chi connectivity index (χ4v) is 22.1. The molecule has 12 N–H and O–H groups in total. The van der Waals surface area contributed by atoms with Crippen molar-refractivity contribution >= 4 is 129 Å². The van der Waals surface area contributed by atoms with Crippen LogP contribution in [0.25, 0.3) is 0 Å². The summed E-state index contributed by atoms with van der Waals surface area (Å²) in [5.74, 6) is -5.30. The minimum Gasteiger partial charge on any atom is -0.384 e. The smallest absolute Gasteiger partial charge is 0.384 e. The van der Waals surface area contributed by atoms with Crippen LogP contribution >= 0.6 is 11.6 Å². The second kappa shape index (κ2) is 50.8. The topological polar surface area (TPSA) is 460 Å². The van der Waals surface area contributed by atoms with Crippen molar-refractivity contribution in [2.24, 2.45) is 47.3 Å². The van der Waals surface area contributed by atoms with Crippen molar-refractivity contribution in [1.82, 2.24) is 70.8 Å². The van der Waals surface area contributed by atoms with Gasteiger partial charge in [0.2, 0.25) is 23.6 Å². The first-order valence-corrected chi connectivity index (χ1v) is 51.5. The molecule has 4 saturated heterocycles. The van der Waals surface area contributed by atoms with E-state index in [1.807, 2.05) is 56.4 Å². The molecule has 146 heavy (non-hydrogen) atoms. The number of nitrogens with one attached hydrogen (secondary N) is 4. The van der Waals surface area contributed by atoms with Crippen LogP contribution in [0.4, 0.5) is 82.9 Å². The Labute approximate surface area is 853 Å². The number of halogens is 5. The molecular formula is C107H135ClF4N22O12. The van der Waals surface area contributed by atoms with Gasteiger partial charge in [-0.25, -0.2) is 48.5 Å². The van der Waals surface area contributed by atoms with Gasteiger partial charge >= 0.3 is 30.3 Å². The van der Waals surface area contributed by atoms with Crippen molar-refractivity contribution < 1.29 is 75.1 Å². The van der Waals surface area contributed by atoms with Gasteiger partial charge in [0.05, 0.1) is 29.9 Å². The summed E-state index contributed by atoms with van der Waals surface area (Å²) >= 11 is 6.19. The molecule has 8 aromatic rings. The fraction of sp³-hybridized carbons (Fsp3) is 0.495. The van der Waals surface area contributed by atoms with Gasteiger partial charge in [0, 0.05) is 105 Å². The Hall–Kier alpha value is -13.8. The molecule has 780 valence electrons. The predicted molar refractivity (Wildman–Crippen MR) is 548 cm³/mol. The van der Waals surface area contributed by atoms with Crippen molar-refractivity contribution in [3.05, 3.63) is 204 Å². The second-order valence-corrected chi connectivity index (χ2v) is 39.4. The zero-order valence-corrected chi connectivity index (χ0v) is 84.5. The fourth-order valence-electron chi connectivity index (χ4n) is 21.9. The lowest BCUT2D eigenvalue weighted by molar-refractivity contribution is -0.170. The number of pyridine rings is 4. The predicted octanol–water partition coefficient (Wildman–Crippen LogP) is 15.6. The van der Waals surface area contributed by atoms with Crippen LogP contribution in [0.1, 0.15) is 205 Å². The maximum absolute atomic E-state index is 13.9. The number of carbonyl (C=O) groups excluding carboxylic acids is 12. The highest BCUT2D eigenvalue weighted by Gasteiger charge is 2.61. The van der Waals surface area contributed by atoms with Gasteiger partial charge in [0.1, 0.15) is 59.3 Å². The van der Waals surface area contributed by atoms with Crippen LogP contribution in [0, 0.1) is 53.2 Å². The minimum atomic E-state index is -4.70. The van der Waals surface area contributed by atoms with E-state index in [1.54, 1.807) is 101 Å². The van der Waals surface area contributed by atoms with Gasteiger partial charge in [-0.1, -0.05) is 140 Å². The van der Waals surface area contributed by atoms with E-state index in [1.165, 1.54) is 100 Å². The molecule has 16 amide bonds. The number of β-lactam (4-membered cyclic amide) rings is 4. The molecule has 0 spiro atoms. The molecule has 12 atom stereocenters. The standard InChI is InChI=1S/C28H36ClN5O3.C28H37N5O3.C27H34FN5O3.C24H28F3N7O3/c1-3-23(19-9-6-5-7-10-19)32-28(37)34-25(22(26(34)35)15-18-13-14-31-24(30)16-18)27(36)33(4-2)21-12-8-11-20(29)17-21;1-3-23(20-11-7-5-8-12-20)31-28(36)33-25(27(35)32(4-2)21-13-9-6-10-14-21)22(26(33)34)17-19-15-16-30-24(29)18-19;1-3-22(18-8-5-4-6-9-18)31-27(36)33-24(26(35)32(2)20-11-7-10-19(28)16-20)21(25(33)34)14-17-12-13-30-23(29)15-17;1-33(18-13-29-9-10-31-18)22(36)19-16(11-14-7-8-30-17(28)12-14)21(35)34(19)23(37)32-20(24(25,26)27)15-5-3-2-4-6-15/h8,11-14,16-17,19,22-23,25H,3-7,9-10,15H2,1-2H3,(H2,30,31)(H,32,37);6,9-10,13-16,18,20,22-23,25H,3-5,7-8,11-12,17H2,1-2H3,(H2,29,30)(H,31,36);7,10-13,15-16,18,21-22,24H,3-6,8-9,14H2,1-2H3,(H2,29,30)(H,31,36);7-10,12-13,15-16,19-20H,2-6,11H2,1H3,(H2,28,30)(H,32,37)/t2*22-,23-,25+;21-,22-,24+;16-,19+,20+/m1111/s1. The largest absolute Gasteiger partial charge is 0.408 e. The molecule has 5 aromatic heterocycles. The number of para-hydroxylation sites is 1. The average Bonchev–Trinajstić information content (AvgIpc) is 0.748. The molecule has 0 radical (unpaired) electrons. The lowest BCUT2D eigenvalue weighted by Crippen LogP contribution is -2.71. The molecule has 8 aliphatic rings. The van der Waals surface area contributed by atoms with E-state index in [4.69, 9.17) is 34.5 Å². The molecule has 16 rings (SSSR count). The number of amides is 16. The maximum Gasteiger partial charge on any atom is 0.408 e. The lowest BCUT2D eigenvalue weighted by atomic mass is 9.81. The summed E-state index contributed by atoms with van der Waals surface area (Å²) in [6, 6.07) is 26.5. The zero-order valence-electron chi connectivity index (χ0n) is 83.8. The molecule has 0 bridgehead atoms. The van der Waals surface area contributed by atoms with Crippen LogP contribution < -0.4 is 63.8 Å². The van der Waals surface area contributed by atoms with Crippen LogP contribution in [0.15, 0.2) is 171 Å².